The van der Waals surface area contributed by atoms with Crippen LogP contribution in [0, 0.1) is 0 Å². The molecule has 1 fully saturated rings. The zero-order valence-corrected chi connectivity index (χ0v) is 19.4. The van der Waals surface area contributed by atoms with Gasteiger partial charge < -0.3 is 19.1 Å². The van der Waals surface area contributed by atoms with Crippen molar-refractivity contribution in [2.75, 3.05) is 32.9 Å². The molecular formula is C25H32ClNO4. The van der Waals surface area contributed by atoms with Crippen molar-refractivity contribution in [3.05, 3.63) is 52.5 Å². The summed E-state index contributed by atoms with van der Waals surface area (Å²) in [6.07, 6.45) is 3.14. The Morgan fingerprint density at radius 3 is 2.16 bits per heavy atom. The van der Waals surface area contributed by atoms with Crippen LogP contribution in [0.5, 0.6) is 17.2 Å². The topological polar surface area (TPSA) is 48.0 Å². The molecule has 0 radical (unpaired) electrons. The van der Waals surface area contributed by atoms with Gasteiger partial charge in [0, 0.05) is 29.6 Å². The van der Waals surface area contributed by atoms with Gasteiger partial charge in [0.25, 0.3) is 5.91 Å². The van der Waals surface area contributed by atoms with Crippen molar-refractivity contribution in [2.24, 2.45) is 0 Å². The van der Waals surface area contributed by atoms with Crippen LogP contribution < -0.4 is 14.2 Å². The number of ether oxygens (including phenoxy) is 3. The maximum Gasteiger partial charge on any atom is 0.254 e. The Kier molecular flexibility index (Phi) is 8.47. The average molecular weight is 446 g/mol. The summed E-state index contributed by atoms with van der Waals surface area (Å²) in [5.74, 6) is 1.93. The lowest BCUT2D eigenvalue weighted by Crippen LogP contribution is -2.34. The number of likely N-dealkylation sites (tertiary alicyclic amines) is 1. The molecule has 2 aromatic rings. The number of hydrogen-bond acceptors (Lipinski definition) is 4. The predicted molar refractivity (Wildman–Crippen MR) is 124 cm³/mol. The van der Waals surface area contributed by atoms with E-state index in [0.717, 1.165) is 30.8 Å². The number of amides is 1. The molecule has 1 aliphatic heterocycles. The summed E-state index contributed by atoms with van der Waals surface area (Å²) >= 11 is 6.06. The van der Waals surface area contributed by atoms with Crippen LogP contribution in [0.25, 0.3) is 0 Å². The first-order valence-corrected chi connectivity index (χ1v) is 11.6. The zero-order valence-electron chi connectivity index (χ0n) is 18.7. The van der Waals surface area contributed by atoms with E-state index in [1.807, 2.05) is 37.8 Å². The van der Waals surface area contributed by atoms with Crippen LogP contribution >= 0.6 is 11.6 Å². The lowest BCUT2D eigenvalue weighted by molar-refractivity contribution is 0.0753. The highest BCUT2D eigenvalue weighted by atomic mass is 35.5. The second-order valence-corrected chi connectivity index (χ2v) is 8.03. The fourth-order valence-electron chi connectivity index (χ4n) is 4.03. The minimum atomic E-state index is -0.00850. The Bertz CT molecular complexity index is 841. The minimum Gasteiger partial charge on any atom is -0.490 e. The van der Waals surface area contributed by atoms with E-state index in [9.17, 15) is 4.79 Å². The summed E-state index contributed by atoms with van der Waals surface area (Å²) < 4.78 is 17.4. The van der Waals surface area contributed by atoms with E-state index in [4.69, 9.17) is 25.8 Å². The van der Waals surface area contributed by atoms with E-state index in [-0.39, 0.29) is 5.91 Å². The Morgan fingerprint density at radius 1 is 0.968 bits per heavy atom. The van der Waals surface area contributed by atoms with E-state index in [1.165, 1.54) is 5.56 Å². The third-order valence-electron chi connectivity index (χ3n) is 5.46. The van der Waals surface area contributed by atoms with Crippen molar-refractivity contribution < 1.29 is 19.0 Å². The summed E-state index contributed by atoms with van der Waals surface area (Å²) in [6, 6.07) is 11.5. The van der Waals surface area contributed by atoms with Gasteiger partial charge >= 0.3 is 0 Å². The molecule has 0 aromatic heterocycles. The molecule has 0 spiro atoms. The van der Waals surface area contributed by atoms with Crippen molar-refractivity contribution in [3.8, 4) is 17.2 Å². The largest absolute Gasteiger partial charge is 0.490 e. The van der Waals surface area contributed by atoms with Gasteiger partial charge in [-0.05, 0) is 63.4 Å². The highest BCUT2D eigenvalue weighted by molar-refractivity contribution is 6.30. The number of rotatable bonds is 8. The van der Waals surface area contributed by atoms with Gasteiger partial charge in [0.2, 0.25) is 5.75 Å². The Hall–Kier alpha value is -2.40. The number of carbonyl (C=O) groups is 1. The Labute approximate surface area is 190 Å². The van der Waals surface area contributed by atoms with Crippen molar-refractivity contribution in [1.29, 1.82) is 0 Å². The van der Waals surface area contributed by atoms with Crippen molar-refractivity contribution >= 4 is 17.5 Å². The van der Waals surface area contributed by atoms with E-state index in [1.54, 1.807) is 12.1 Å². The van der Waals surface area contributed by atoms with Gasteiger partial charge in [-0.25, -0.2) is 0 Å². The first kappa shape index (κ1) is 23.3. The van der Waals surface area contributed by atoms with Crippen molar-refractivity contribution in [3.63, 3.8) is 0 Å². The predicted octanol–water partition coefficient (Wildman–Crippen LogP) is 5.95. The molecule has 5 nitrogen and oxygen atoms in total. The number of halogens is 1. The van der Waals surface area contributed by atoms with Crippen LogP contribution in [0.1, 0.15) is 61.9 Å². The van der Waals surface area contributed by atoms with Gasteiger partial charge in [-0.2, -0.15) is 0 Å². The van der Waals surface area contributed by atoms with Gasteiger partial charge in [-0.1, -0.05) is 30.2 Å². The lowest BCUT2D eigenvalue weighted by Gasteiger charge is -2.26. The second-order valence-electron chi connectivity index (χ2n) is 7.60. The molecule has 168 valence electrons. The van der Waals surface area contributed by atoms with Gasteiger partial charge in [0.15, 0.2) is 11.5 Å². The van der Waals surface area contributed by atoms with Gasteiger partial charge in [-0.3, -0.25) is 4.79 Å². The zero-order chi connectivity index (χ0) is 22.2. The third kappa shape index (κ3) is 5.85. The number of hydrogen-bond donors (Lipinski definition) is 0. The summed E-state index contributed by atoms with van der Waals surface area (Å²) in [7, 11) is 0. The number of nitrogens with zero attached hydrogens (tertiary/aromatic N) is 1. The molecule has 1 amide bonds. The molecule has 1 heterocycles. The molecule has 6 heteroatoms. The highest BCUT2D eigenvalue weighted by Gasteiger charge is 2.26. The van der Waals surface area contributed by atoms with E-state index in [0.29, 0.717) is 55.1 Å². The average Bonchev–Trinajstić information content (AvgIpc) is 3.02. The highest BCUT2D eigenvalue weighted by Crippen LogP contribution is 2.40. The molecule has 0 bridgehead atoms. The molecule has 2 aromatic carbocycles. The maximum atomic E-state index is 13.5. The molecule has 31 heavy (non-hydrogen) atoms. The summed E-state index contributed by atoms with van der Waals surface area (Å²) in [5.41, 5.74) is 1.79. The van der Waals surface area contributed by atoms with E-state index < -0.39 is 0 Å². The molecular weight excluding hydrogens is 414 g/mol. The number of carbonyl (C=O) groups excluding carboxylic acids is 1. The monoisotopic (exact) mass is 445 g/mol. The smallest absolute Gasteiger partial charge is 0.254 e. The van der Waals surface area contributed by atoms with Gasteiger partial charge in [-0.15, -0.1) is 0 Å². The minimum absolute atomic E-state index is 0.00850. The molecule has 0 N–H and O–H groups in total. The SMILES string of the molecule is CCOc1cc(C(=O)N2CCCCC(c3ccc(Cl)cc3)C2)cc(OCC)c1OCC. The molecule has 1 unspecified atom stereocenters. The maximum absolute atomic E-state index is 13.5. The number of benzene rings is 2. The van der Waals surface area contributed by atoms with Crippen LogP contribution in [0.3, 0.4) is 0 Å². The van der Waals surface area contributed by atoms with Gasteiger partial charge in [0.1, 0.15) is 0 Å². The first-order chi connectivity index (χ1) is 15.1. The quantitative estimate of drug-likeness (QED) is 0.504. The third-order valence-corrected chi connectivity index (χ3v) is 5.71. The van der Waals surface area contributed by atoms with Gasteiger partial charge in [0.05, 0.1) is 19.8 Å². The van der Waals surface area contributed by atoms with Crippen molar-refractivity contribution in [1.82, 2.24) is 4.90 Å². The van der Waals surface area contributed by atoms with Crippen LogP contribution in [0.4, 0.5) is 0 Å². The summed E-state index contributed by atoms with van der Waals surface area (Å²) in [5, 5.41) is 0.728. The molecule has 0 saturated carbocycles. The van der Waals surface area contributed by atoms with Crippen LogP contribution in [0.2, 0.25) is 5.02 Å². The fourth-order valence-corrected chi connectivity index (χ4v) is 4.15. The van der Waals surface area contributed by atoms with Crippen molar-refractivity contribution in [2.45, 2.75) is 46.0 Å². The molecule has 3 rings (SSSR count). The summed E-state index contributed by atoms with van der Waals surface area (Å²) in [6.45, 7) is 8.61. The Morgan fingerprint density at radius 2 is 1.58 bits per heavy atom. The molecule has 1 aliphatic rings. The molecule has 0 aliphatic carbocycles. The first-order valence-electron chi connectivity index (χ1n) is 11.2. The Balaban J connectivity index is 1.89. The van der Waals surface area contributed by atoms with E-state index >= 15 is 0 Å². The second kappa shape index (κ2) is 11.3. The lowest BCUT2D eigenvalue weighted by atomic mass is 9.94. The van der Waals surface area contributed by atoms with Crippen LogP contribution in [-0.4, -0.2) is 43.7 Å². The normalized spacial score (nSPS) is 16.5. The fraction of sp³-hybridized carbons (Fsp3) is 0.480. The molecule has 1 saturated heterocycles. The standard InChI is InChI=1S/C25H32ClNO4/c1-4-29-22-15-20(16-23(30-5-2)24(22)31-6-3)25(28)27-14-8-7-9-19(17-27)18-10-12-21(26)13-11-18/h10-13,15-16,19H,4-9,14,17H2,1-3H3. The van der Waals surface area contributed by atoms with E-state index in [2.05, 4.69) is 12.1 Å². The van der Waals surface area contributed by atoms with Crippen LogP contribution in [-0.2, 0) is 0 Å². The molecule has 1 atom stereocenters. The summed E-state index contributed by atoms with van der Waals surface area (Å²) in [4.78, 5) is 15.5. The van der Waals surface area contributed by atoms with Crippen LogP contribution in [0.15, 0.2) is 36.4 Å².